The number of para-hydroxylation sites is 2. The molecule has 0 unspecified atom stereocenters. The largest absolute Gasteiger partial charge is 0.309 e. The van der Waals surface area contributed by atoms with Gasteiger partial charge in [-0.25, -0.2) is 0 Å². The quantitative estimate of drug-likeness (QED) is 0.155. The van der Waals surface area contributed by atoms with Gasteiger partial charge in [0.2, 0.25) is 0 Å². The molecule has 0 amide bonds. The van der Waals surface area contributed by atoms with Crippen molar-refractivity contribution >= 4 is 49.6 Å². The van der Waals surface area contributed by atoms with E-state index in [0.717, 1.165) is 38.7 Å². The summed E-state index contributed by atoms with van der Waals surface area (Å²) in [6.07, 6.45) is 0. The van der Waals surface area contributed by atoms with Gasteiger partial charge >= 0.3 is 0 Å². The van der Waals surface area contributed by atoms with Crippen molar-refractivity contribution in [2.75, 3.05) is 4.90 Å². The van der Waals surface area contributed by atoms with Gasteiger partial charge in [0.15, 0.2) is 0 Å². The van der Waals surface area contributed by atoms with Gasteiger partial charge in [-0.05, 0) is 97.7 Å². The van der Waals surface area contributed by atoms with Gasteiger partial charge in [-0.3, -0.25) is 0 Å². The third-order valence-corrected chi connectivity index (χ3v) is 12.0. The van der Waals surface area contributed by atoms with E-state index in [-0.39, 0.29) is 11.3 Å². The summed E-state index contributed by atoms with van der Waals surface area (Å²) in [5, 5.41) is 0.921. The van der Waals surface area contributed by atoms with Crippen LogP contribution in [0.4, 0.5) is 17.1 Å². The zero-order valence-corrected chi connectivity index (χ0v) is 33.9. The molecule has 0 saturated heterocycles. The molecule has 1 aliphatic carbocycles. The Hall–Kier alpha value is -7.94. The highest BCUT2D eigenvalue weighted by Gasteiger charge is 2.38. The molecular weight excluding hydrogens is 761 g/mol. The van der Waals surface area contributed by atoms with E-state index in [0.29, 0.717) is 22.5 Å². The Labute approximate surface area is 395 Å². The second-order valence-electron chi connectivity index (χ2n) is 15.8. The molecule has 0 spiro atoms. The third kappa shape index (κ3) is 5.94. The Morgan fingerprint density at radius 1 is 0.429 bits per heavy atom. The van der Waals surface area contributed by atoms with Gasteiger partial charge in [0.1, 0.15) is 0 Å². The molecule has 298 valence electrons. The summed E-state index contributed by atoms with van der Waals surface area (Å²) in [5.41, 5.74) is 2.07. The van der Waals surface area contributed by atoms with Crippen LogP contribution in [0.25, 0.3) is 82.8 Å². The minimum absolute atomic E-state index is 0.249. The molecule has 0 bridgehead atoms. The predicted octanol–water partition coefficient (Wildman–Crippen LogP) is 16.7. The van der Waals surface area contributed by atoms with E-state index >= 15 is 0 Å². The molecular formula is C61H44N2. The molecule has 1 heterocycles. The summed E-state index contributed by atoms with van der Waals surface area (Å²) in [6.45, 7) is 4.16. The van der Waals surface area contributed by atoms with Crippen LogP contribution in [-0.2, 0) is 5.41 Å². The van der Waals surface area contributed by atoms with Crippen LogP contribution < -0.4 is 4.90 Å². The fourth-order valence-corrected chi connectivity index (χ4v) is 9.07. The smallest absolute Gasteiger partial charge is 0.0645 e. The van der Waals surface area contributed by atoms with E-state index in [9.17, 15) is 13.7 Å². The maximum atomic E-state index is 10.3. The van der Waals surface area contributed by atoms with E-state index in [1.807, 2.05) is 115 Å². The van der Waals surface area contributed by atoms with Crippen molar-refractivity contribution in [2.45, 2.75) is 19.3 Å². The van der Waals surface area contributed by atoms with Crippen molar-refractivity contribution in [2.24, 2.45) is 0 Å². The average Bonchev–Trinajstić information content (AvgIpc) is 3.83. The van der Waals surface area contributed by atoms with Gasteiger partial charge in [-0.2, -0.15) is 0 Å². The lowest BCUT2D eigenvalue weighted by atomic mass is 9.82. The Morgan fingerprint density at radius 2 is 1.05 bits per heavy atom. The van der Waals surface area contributed by atoms with Crippen molar-refractivity contribution in [3.63, 3.8) is 0 Å². The molecule has 2 heteroatoms. The first-order valence-electron chi connectivity index (χ1n) is 29.9. The van der Waals surface area contributed by atoms with Crippen LogP contribution in [0.5, 0.6) is 0 Å². The average molecular weight is 824 g/mol. The monoisotopic (exact) mass is 823 g/mol. The van der Waals surface area contributed by atoms with Gasteiger partial charge in [0, 0.05) is 38.7 Å². The molecule has 2 nitrogen and oxygen atoms in total. The number of rotatable bonds is 7. The summed E-state index contributed by atoms with van der Waals surface area (Å²) < 4.78 is 177. The molecule has 63 heavy (non-hydrogen) atoms. The number of benzene rings is 10. The van der Waals surface area contributed by atoms with Gasteiger partial charge in [-0.15, -0.1) is 0 Å². The Kier molecular flexibility index (Phi) is 5.16. The maximum Gasteiger partial charge on any atom is 0.0645 e. The summed E-state index contributed by atoms with van der Waals surface area (Å²) in [7, 11) is 0. The number of hydrogen-bond acceptors (Lipinski definition) is 1. The van der Waals surface area contributed by atoms with Gasteiger partial charge in [0.25, 0.3) is 0 Å². The predicted molar refractivity (Wildman–Crippen MR) is 267 cm³/mol. The summed E-state index contributed by atoms with van der Waals surface area (Å²) >= 11 is 0. The zero-order chi connectivity index (χ0) is 58.6. The molecule has 0 aliphatic heterocycles. The maximum absolute atomic E-state index is 10.3. The first kappa shape index (κ1) is 22.2. The first-order chi connectivity index (χ1) is 38.9. The van der Waals surface area contributed by atoms with Crippen LogP contribution in [0, 0.1) is 0 Å². The highest BCUT2D eigenvalue weighted by molar-refractivity contribution is 6.12. The number of hydrogen-bond donors (Lipinski definition) is 0. The lowest BCUT2D eigenvalue weighted by Crippen LogP contribution is -2.16. The van der Waals surface area contributed by atoms with Crippen LogP contribution in [0.2, 0.25) is 0 Å². The SMILES string of the molecule is [2H]c1c([2H])c([2H])c(-c2c([2H])c([2H])c(-c3c([2H])c([2H])c(-c4c(N(c5ccc6c7ccccc7n(-c7ccccc7)c6c5)c5cccc6c5-c5ccccc5C6(C)C)c([2H])c([2H])c5c([2H])c([2H])c([2H])c([2H])c45)c([2H])c3[2H])c([2H])c2[2H])c([2H])c1[2H]. The Bertz CT molecular complexity index is 4580. The van der Waals surface area contributed by atoms with Crippen molar-refractivity contribution in [1.82, 2.24) is 4.57 Å². The number of nitrogens with zero attached hydrogens (tertiary/aromatic N) is 2. The summed E-state index contributed by atoms with van der Waals surface area (Å²) in [5.74, 6) is 0. The fraction of sp³-hybridized carbons (Fsp3) is 0.0492. The zero-order valence-electron chi connectivity index (χ0n) is 52.9. The molecule has 0 fully saturated rings. The van der Waals surface area contributed by atoms with Crippen molar-refractivity contribution in [3.8, 4) is 50.2 Å². The molecule has 0 atom stereocenters. The molecule has 0 N–H and O–H groups in total. The van der Waals surface area contributed by atoms with Crippen molar-refractivity contribution in [1.29, 1.82) is 0 Å². The molecule has 1 aromatic heterocycles. The minimum atomic E-state index is -0.917. The van der Waals surface area contributed by atoms with E-state index < -0.39 is 159 Å². The molecule has 10 aromatic carbocycles. The second kappa shape index (κ2) is 14.6. The van der Waals surface area contributed by atoms with Crippen LogP contribution in [0.15, 0.2) is 230 Å². The van der Waals surface area contributed by atoms with E-state index in [4.69, 9.17) is 12.3 Å². The van der Waals surface area contributed by atoms with E-state index in [1.54, 1.807) is 4.90 Å². The highest BCUT2D eigenvalue weighted by atomic mass is 15.2. The van der Waals surface area contributed by atoms with Crippen LogP contribution >= 0.6 is 0 Å². The van der Waals surface area contributed by atoms with Crippen molar-refractivity contribution in [3.05, 3.63) is 241 Å². The first-order valence-corrected chi connectivity index (χ1v) is 20.4. The minimum Gasteiger partial charge on any atom is -0.309 e. The van der Waals surface area contributed by atoms with Gasteiger partial charge in [0.05, 0.1) is 48.5 Å². The molecule has 12 rings (SSSR count). The van der Waals surface area contributed by atoms with Crippen LogP contribution in [0.3, 0.4) is 0 Å². The lowest BCUT2D eigenvalue weighted by molar-refractivity contribution is 0.660. The van der Waals surface area contributed by atoms with Gasteiger partial charge < -0.3 is 9.47 Å². The standard InChI is InChI=1S/C61H44N2/c1-61(2)53-24-13-11-23-52(53)60-54(61)25-15-27-56(60)63(48-37-38-51-50-22-12-14-26-55(50)62(58(51)40-48)47-19-7-4-8-20-47)57-39-36-45-18-9-10-21-49(45)59(57)46-34-32-44(33-35-46)43-30-28-42(29-31-43)41-16-5-3-6-17-41/h3-40H,1-2H3/i3D,5D,6D,9D,10D,16D,17D,18D,21D,28D,29D,30D,31D,32D,33D,34D,35D,36D,39D. The normalized spacial score (nSPS) is 17.0. The highest BCUT2D eigenvalue weighted by Crippen LogP contribution is 2.55. The van der Waals surface area contributed by atoms with Gasteiger partial charge in [-0.1, -0.05) is 201 Å². The van der Waals surface area contributed by atoms with Crippen molar-refractivity contribution < 1.29 is 26.0 Å². The summed E-state index contributed by atoms with van der Waals surface area (Å²) in [6, 6.07) is 21.4. The lowest BCUT2D eigenvalue weighted by Gasteiger charge is -2.31. The number of anilines is 3. The van der Waals surface area contributed by atoms with E-state index in [1.165, 1.54) is 0 Å². The Balaban J connectivity index is 1.23. The summed E-state index contributed by atoms with van der Waals surface area (Å²) in [4.78, 5) is 1.68. The molecule has 1 aliphatic rings. The number of aromatic nitrogens is 1. The molecule has 11 aromatic rings. The second-order valence-corrected chi connectivity index (χ2v) is 15.8. The number of fused-ring (bicyclic) bond motifs is 7. The fourth-order valence-electron chi connectivity index (χ4n) is 9.07. The Morgan fingerprint density at radius 3 is 1.83 bits per heavy atom. The van der Waals surface area contributed by atoms with E-state index in [2.05, 4.69) is 18.4 Å². The molecule has 0 saturated carbocycles. The third-order valence-electron chi connectivity index (χ3n) is 12.0. The molecule has 0 radical (unpaired) electrons. The van der Waals surface area contributed by atoms with Crippen LogP contribution in [-0.4, -0.2) is 4.57 Å². The van der Waals surface area contributed by atoms with Crippen LogP contribution in [0.1, 0.15) is 51.0 Å². The topological polar surface area (TPSA) is 8.17 Å².